The molecule has 156 valence electrons. The van der Waals surface area contributed by atoms with Gasteiger partial charge in [-0.05, 0) is 12.8 Å². The van der Waals surface area contributed by atoms with E-state index in [1.165, 1.54) is 24.5 Å². The Morgan fingerprint density at radius 2 is 2.14 bits per heavy atom. The van der Waals surface area contributed by atoms with Crippen LogP contribution in [0.1, 0.15) is 25.0 Å². The molecule has 29 heavy (non-hydrogen) atoms. The average Bonchev–Trinajstić information content (AvgIpc) is 3.36. The van der Waals surface area contributed by atoms with Gasteiger partial charge in [-0.25, -0.2) is 9.78 Å². The SMILES string of the molecule is CN1C(=O)CC(C(=O)N[C@@H](Cc2cnc[nH]2)C(=O)N2CCCC2C(N)=O)NC1=O. The summed E-state index contributed by atoms with van der Waals surface area (Å²) in [7, 11) is 1.31. The van der Waals surface area contributed by atoms with Crippen molar-refractivity contribution in [2.24, 2.45) is 5.73 Å². The summed E-state index contributed by atoms with van der Waals surface area (Å²) in [6, 6.07) is -3.53. The Morgan fingerprint density at radius 3 is 2.76 bits per heavy atom. The Kier molecular flexibility index (Phi) is 5.80. The Bertz CT molecular complexity index is 806. The maximum atomic E-state index is 13.1. The highest BCUT2D eigenvalue weighted by Gasteiger charge is 2.39. The second-order valence-corrected chi connectivity index (χ2v) is 7.09. The van der Waals surface area contributed by atoms with Gasteiger partial charge in [0, 0.05) is 31.9 Å². The molecular weight excluding hydrogens is 382 g/mol. The number of nitrogens with two attached hydrogens (primary N) is 1. The monoisotopic (exact) mass is 405 g/mol. The number of urea groups is 1. The summed E-state index contributed by atoms with van der Waals surface area (Å²) in [4.78, 5) is 70.1. The molecule has 0 bridgehead atoms. The van der Waals surface area contributed by atoms with Crippen molar-refractivity contribution in [1.29, 1.82) is 0 Å². The zero-order valence-corrected chi connectivity index (χ0v) is 15.9. The van der Waals surface area contributed by atoms with Gasteiger partial charge < -0.3 is 26.3 Å². The molecule has 3 heterocycles. The van der Waals surface area contributed by atoms with Crippen LogP contribution < -0.4 is 16.4 Å². The molecule has 12 nitrogen and oxygen atoms in total. The van der Waals surface area contributed by atoms with E-state index in [-0.39, 0.29) is 12.8 Å². The van der Waals surface area contributed by atoms with Crippen molar-refractivity contribution < 1.29 is 24.0 Å². The normalized spacial score (nSPS) is 22.9. The van der Waals surface area contributed by atoms with Crippen LogP contribution in [-0.2, 0) is 25.6 Å². The quantitative estimate of drug-likeness (QED) is 0.420. The molecule has 0 aromatic carbocycles. The maximum absolute atomic E-state index is 13.1. The molecule has 0 aliphatic carbocycles. The largest absolute Gasteiger partial charge is 0.368 e. The van der Waals surface area contributed by atoms with E-state index in [0.29, 0.717) is 25.1 Å². The van der Waals surface area contributed by atoms with Crippen LogP contribution in [0.15, 0.2) is 12.5 Å². The van der Waals surface area contributed by atoms with Crippen LogP contribution in [0.2, 0.25) is 0 Å². The average molecular weight is 405 g/mol. The summed E-state index contributed by atoms with van der Waals surface area (Å²) in [6.45, 7) is 0.352. The van der Waals surface area contributed by atoms with Crippen molar-refractivity contribution in [3.05, 3.63) is 18.2 Å². The second kappa shape index (κ2) is 8.29. The first-order valence-electron chi connectivity index (χ1n) is 9.22. The number of nitrogens with one attached hydrogen (secondary N) is 3. The summed E-state index contributed by atoms with van der Waals surface area (Å²) in [5.41, 5.74) is 6.00. The van der Waals surface area contributed by atoms with E-state index in [1.807, 2.05) is 0 Å². The number of carbonyl (C=O) groups excluding carboxylic acids is 5. The van der Waals surface area contributed by atoms with E-state index in [0.717, 1.165) is 4.90 Å². The summed E-state index contributed by atoms with van der Waals surface area (Å²) in [5, 5.41) is 5.03. The number of imidazole rings is 1. The number of hydrogen-bond acceptors (Lipinski definition) is 6. The van der Waals surface area contributed by atoms with Gasteiger partial charge in [0.15, 0.2) is 0 Å². The number of likely N-dealkylation sites (tertiary alicyclic amines) is 1. The molecule has 3 rings (SSSR count). The number of aromatic amines is 1. The van der Waals surface area contributed by atoms with Gasteiger partial charge in [0.25, 0.3) is 0 Å². The fraction of sp³-hybridized carbons (Fsp3) is 0.529. The van der Waals surface area contributed by atoms with E-state index >= 15 is 0 Å². The minimum Gasteiger partial charge on any atom is -0.368 e. The maximum Gasteiger partial charge on any atom is 0.324 e. The molecule has 3 atom stereocenters. The number of hydrogen-bond donors (Lipinski definition) is 4. The van der Waals surface area contributed by atoms with E-state index < -0.39 is 47.8 Å². The minimum atomic E-state index is -1.09. The third-order valence-electron chi connectivity index (χ3n) is 5.13. The molecular formula is C17H23N7O5. The number of carbonyl (C=O) groups is 5. The highest BCUT2D eigenvalue weighted by Crippen LogP contribution is 2.19. The molecule has 5 N–H and O–H groups in total. The van der Waals surface area contributed by atoms with Crippen LogP contribution in [0.3, 0.4) is 0 Å². The van der Waals surface area contributed by atoms with Gasteiger partial charge in [-0.3, -0.25) is 24.1 Å². The van der Waals surface area contributed by atoms with E-state index in [2.05, 4.69) is 20.6 Å². The van der Waals surface area contributed by atoms with Gasteiger partial charge in [-0.2, -0.15) is 0 Å². The highest BCUT2D eigenvalue weighted by atomic mass is 16.2. The summed E-state index contributed by atoms with van der Waals surface area (Å²) in [5.74, 6) is -2.22. The number of primary amides is 1. The van der Waals surface area contributed by atoms with E-state index in [4.69, 9.17) is 5.73 Å². The molecule has 1 aromatic heterocycles. The Balaban J connectivity index is 1.76. The van der Waals surface area contributed by atoms with Gasteiger partial charge in [-0.15, -0.1) is 0 Å². The molecule has 2 saturated heterocycles. The molecule has 2 aliphatic heterocycles. The molecule has 2 fully saturated rings. The number of amides is 6. The van der Waals surface area contributed by atoms with Crippen LogP contribution in [0.25, 0.3) is 0 Å². The molecule has 2 aliphatic rings. The fourth-order valence-corrected chi connectivity index (χ4v) is 3.50. The number of rotatable bonds is 6. The lowest BCUT2D eigenvalue weighted by atomic mass is 10.1. The second-order valence-electron chi connectivity index (χ2n) is 7.09. The van der Waals surface area contributed by atoms with Gasteiger partial charge >= 0.3 is 6.03 Å². The first-order valence-corrected chi connectivity index (χ1v) is 9.22. The van der Waals surface area contributed by atoms with Crippen LogP contribution >= 0.6 is 0 Å². The van der Waals surface area contributed by atoms with E-state index in [9.17, 15) is 24.0 Å². The van der Waals surface area contributed by atoms with Gasteiger partial charge in [0.2, 0.25) is 23.6 Å². The standard InChI is InChI=1S/C17H23N7O5/c1-23-13(25)6-10(22-17(23)29)15(27)21-11(5-9-7-19-8-20-9)16(28)24-4-2-3-12(24)14(18)26/h7-8,10-12H,2-6H2,1H3,(H2,18,26)(H,19,20)(H,21,27)(H,22,29)/t10?,11-,12?/m0/s1. The first-order chi connectivity index (χ1) is 13.8. The lowest BCUT2D eigenvalue weighted by Gasteiger charge is -2.31. The number of imide groups is 1. The topological polar surface area (TPSA) is 171 Å². The lowest BCUT2D eigenvalue weighted by molar-refractivity contribution is -0.141. The summed E-state index contributed by atoms with van der Waals surface area (Å²) < 4.78 is 0. The Hall–Kier alpha value is -3.44. The fourth-order valence-electron chi connectivity index (χ4n) is 3.50. The van der Waals surface area contributed by atoms with Crippen molar-refractivity contribution in [3.8, 4) is 0 Å². The van der Waals surface area contributed by atoms with Gasteiger partial charge in [-0.1, -0.05) is 0 Å². The van der Waals surface area contributed by atoms with Crippen LogP contribution in [0.4, 0.5) is 4.79 Å². The molecule has 0 saturated carbocycles. The van der Waals surface area contributed by atoms with Crippen LogP contribution in [0.5, 0.6) is 0 Å². The molecule has 0 spiro atoms. The smallest absolute Gasteiger partial charge is 0.324 e. The minimum absolute atomic E-state index is 0.0983. The predicted octanol–water partition coefficient (Wildman–Crippen LogP) is -2.15. The third-order valence-corrected chi connectivity index (χ3v) is 5.13. The molecule has 0 radical (unpaired) electrons. The van der Waals surface area contributed by atoms with Crippen molar-refractivity contribution in [3.63, 3.8) is 0 Å². The summed E-state index contributed by atoms with van der Waals surface area (Å²) in [6.07, 6.45) is 3.93. The zero-order valence-electron chi connectivity index (χ0n) is 15.9. The number of aromatic nitrogens is 2. The van der Waals surface area contributed by atoms with Crippen molar-refractivity contribution in [1.82, 2.24) is 30.4 Å². The number of H-pyrrole nitrogens is 1. The van der Waals surface area contributed by atoms with Gasteiger partial charge in [0.1, 0.15) is 18.1 Å². The molecule has 6 amide bonds. The zero-order chi connectivity index (χ0) is 21.1. The summed E-state index contributed by atoms with van der Waals surface area (Å²) >= 11 is 0. The van der Waals surface area contributed by atoms with Crippen LogP contribution in [0, 0.1) is 0 Å². The Labute approximate surface area is 166 Å². The first kappa shape index (κ1) is 20.3. The molecule has 1 aromatic rings. The Morgan fingerprint density at radius 1 is 1.38 bits per heavy atom. The van der Waals surface area contributed by atoms with Crippen molar-refractivity contribution >= 4 is 29.7 Å². The molecule has 12 heteroatoms. The number of nitrogens with zero attached hydrogens (tertiary/aromatic N) is 3. The van der Waals surface area contributed by atoms with Crippen LogP contribution in [-0.4, -0.2) is 81.1 Å². The van der Waals surface area contributed by atoms with Gasteiger partial charge in [0.05, 0.1) is 12.7 Å². The van der Waals surface area contributed by atoms with Crippen molar-refractivity contribution in [2.45, 2.75) is 43.8 Å². The third kappa shape index (κ3) is 4.36. The molecule has 2 unspecified atom stereocenters. The highest BCUT2D eigenvalue weighted by molar-refractivity contribution is 6.03. The van der Waals surface area contributed by atoms with Crippen molar-refractivity contribution in [2.75, 3.05) is 13.6 Å². The van der Waals surface area contributed by atoms with E-state index in [1.54, 1.807) is 0 Å². The lowest BCUT2D eigenvalue weighted by Crippen LogP contribution is -2.61. The predicted molar refractivity (Wildman–Crippen MR) is 97.9 cm³/mol.